The molecule has 0 aliphatic heterocycles. The number of benzene rings is 2. The zero-order valence-electron chi connectivity index (χ0n) is 17.3. The average Bonchev–Trinajstić information content (AvgIpc) is 3.47. The van der Waals surface area contributed by atoms with Crippen LogP contribution in [0.15, 0.2) is 59.8 Å². The Hall–Kier alpha value is -3.99. The number of ketones is 1. The van der Waals surface area contributed by atoms with Crippen molar-refractivity contribution in [2.75, 3.05) is 0 Å². The van der Waals surface area contributed by atoms with E-state index in [-0.39, 0.29) is 11.9 Å². The minimum Gasteiger partial charge on any atom is -0.343 e. The Morgan fingerprint density at radius 1 is 1.06 bits per heavy atom. The van der Waals surface area contributed by atoms with E-state index in [4.69, 9.17) is 0 Å². The number of aromatic nitrogens is 4. The predicted molar refractivity (Wildman–Crippen MR) is 118 cm³/mol. The number of carbonyl (C=O) groups excluding carboxylic acids is 1. The lowest BCUT2D eigenvalue weighted by molar-refractivity contribution is -0.114. The molecule has 0 saturated heterocycles. The van der Waals surface area contributed by atoms with Crippen molar-refractivity contribution in [2.45, 2.75) is 12.2 Å². The summed E-state index contributed by atoms with van der Waals surface area (Å²) in [5.74, 6) is -4.39. The zero-order chi connectivity index (χ0) is 24.0. The van der Waals surface area contributed by atoms with E-state index in [0.717, 1.165) is 18.2 Å². The summed E-state index contributed by atoms with van der Waals surface area (Å²) in [6.07, 6.45) is 7.06. The first kappa shape index (κ1) is 21.8. The van der Waals surface area contributed by atoms with Crippen molar-refractivity contribution in [2.24, 2.45) is 0 Å². The lowest BCUT2D eigenvalue weighted by Gasteiger charge is -2.13. The van der Waals surface area contributed by atoms with Crippen LogP contribution in [-0.2, 0) is 20.4 Å². The van der Waals surface area contributed by atoms with E-state index in [1.54, 1.807) is 6.20 Å². The van der Waals surface area contributed by atoms with E-state index in [9.17, 15) is 17.6 Å². The van der Waals surface area contributed by atoms with Gasteiger partial charge in [-0.1, -0.05) is 24.3 Å². The van der Waals surface area contributed by atoms with Gasteiger partial charge < -0.3 is 4.98 Å². The number of sulfone groups is 1. The van der Waals surface area contributed by atoms with Gasteiger partial charge in [0.2, 0.25) is 0 Å². The highest BCUT2D eigenvalue weighted by Crippen LogP contribution is 2.36. The first-order valence-electron chi connectivity index (χ1n) is 10.0. The van der Waals surface area contributed by atoms with Gasteiger partial charge in [-0.2, -0.15) is 5.10 Å². The Balaban J connectivity index is 1.59. The molecule has 2 aromatic carbocycles. The number of carbonyl (C=O) groups is 1. The molecule has 0 atom stereocenters. The van der Waals surface area contributed by atoms with Crippen LogP contribution in [0.1, 0.15) is 12.0 Å². The van der Waals surface area contributed by atoms with Crippen LogP contribution in [-0.4, -0.2) is 34.4 Å². The maximum atomic E-state index is 15.4. The van der Waals surface area contributed by atoms with Crippen molar-refractivity contribution < 1.29 is 26.4 Å². The molecule has 1 aliphatic carbocycles. The van der Waals surface area contributed by atoms with Gasteiger partial charge in [-0.15, -0.1) is 0 Å². The Bertz CT molecular complexity index is 1620. The number of nitrogens with one attached hydrogen (secondary N) is 2. The number of halogens is 3. The van der Waals surface area contributed by atoms with Crippen molar-refractivity contribution >= 4 is 26.5 Å². The van der Waals surface area contributed by atoms with Crippen LogP contribution in [0.5, 0.6) is 0 Å². The molecule has 0 saturated carbocycles. The second-order valence-electron chi connectivity index (χ2n) is 7.60. The molecule has 4 aromatic rings. The van der Waals surface area contributed by atoms with Crippen LogP contribution < -0.4 is 0 Å². The molecular weight excluding hydrogens is 469 g/mol. The fourth-order valence-corrected chi connectivity index (χ4v) is 5.36. The van der Waals surface area contributed by atoms with Crippen molar-refractivity contribution in [3.05, 3.63) is 82.8 Å². The largest absolute Gasteiger partial charge is 0.343 e. The highest BCUT2D eigenvalue weighted by Gasteiger charge is 2.29. The molecule has 0 radical (unpaired) electrons. The van der Waals surface area contributed by atoms with Gasteiger partial charge in [0.05, 0.1) is 11.3 Å². The highest BCUT2D eigenvalue weighted by molar-refractivity contribution is 7.95. The molecule has 11 heteroatoms. The van der Waals surface area contributed by atoms with Crippen LogP contribution in [0.2, 0.25) is 0 Å². The summed E-state index contributed by atoms with van der Waals surface area (Å²) < 4.78 is 70.9. The molecule has 0 spiro atoms. The van der Waals surface area contributed by atoms with Gasteiger partial charge in [-0.05, 0) is 18.2 Å². The Labute approximate surface area is 191 Å². The van der Waals surface area contributed by atoms with Crippen molar-refractivity contribution in [3.8, 4) is 22.6 Å². The number of nitrogens with zero attached hydrogens (tertiary/aromatic N) is 2. The smallest absolute Gasteiger partial charge is 0.186 e. The van der Waals surface area contributed by atoms with Gasteiger partial charge in [-0.25, -0.2) is 26.6 Å². The third kappa shape index (κ3) is 3.54. The number of imidazole rings is 1. The second kappa shape index (κ2) is 8.10. The summed E-state index contributed by atoms with van der Waals surface area (Å²) in [6.45, 7) is 0. The number of hydrogen-bond donors (Lipinski definition) is 2. The van der Waals surface area contributed by atoms with E-state index in [2.05, 4.69) is 20.2 Å². The Morgan fingerprint density at radius 3 is 2.62 bits per heavy atom. The topological polar surface area (TPSA) is 109 Å². The molecule has 0 amide bonds. The Kier molecular flexibility index (Phi) is 5.20. The minimum absolute atomic E-state index is 0.0862. The third-order valence-electron chi connectivity index (χ3n) is 5.48. The van der Waals surface area contributed by atoms with Gasteiger partial charge >= 0.3 is 0 Å². The fourth-order valence-electron chi connectivity index (χ4n) is 3.86. The molecule has 2 aromatic heterocycles. The van der Waals surface area contributed by atoms with E-state index in [1.807, 2.05) is 0 Å². The number of allylic oxidation sites excluding steroid dienone is 4. The fraction of sp³-hybridized carbons (Fsp3) is 0.0870. The van der Waals surface area contributed by atoms with Gasteiger partial charge in [0.1, 0.15) is 27.8 Å². The third-order valence-corrected chi connectivity index (χ3v) is 7.21. The molecule has 5 rings (SSSR count). The number of hydrogen-bond acceptors (Lipinski definition) is 5. The van der Waals surface area contributed by atoms with Crippen LogP contribution >= 0.6 is 0 Å². The van der Waals surface area contributed by atoms with Crippen LogP contribution in [0.25, 0.3) is 33.5 Å². The molecule has 0 bridgehead atoms. The maximum absolute atomic E-state index is 15.4. The van der Waals surface area contributed by atoms with Gasteiger partial charge in [-0.3, -0.25) is 9.89 Å². The number of fused-ring (bicyclic) bond motifs is 1. The van der Waals surface area contributed by atoms with Crippen LogP contribution in [0.4, 0.5) is 13.2 Å². The number of rotatable bonds is 5. The molecule has 0 fully saturated rings. The molecule has 0 unspecified atom stereocenters. The quantitative estimate of drug-likeness (QED) is 0.438. The number of H-pyrrole nitrogens is 2. The van der Waals surface area contributed by atoms with Gasteiger partial charge in [0.25, 0.3) is 0 Å². The lowest BCUT2D eigenvalue weighted by Crippen LogP contribution is -2.17. The molecule has 2 N–H and O–H groups in total. The van der Waals surface area contributed by atoms with E-state index in [0.29, 0.717) is 16.9 Å². The van der Waals surface area contributed by atoms with Gasteiger partial charge in [0, 0.05) is 35.3 Å². The maximum Gasteiger partial charge on any atom is 0.186 e. The molecular formula is C23H15F3N4O3S. The Morgan fingerprint density at radius 2 is 1.88 bits per heavy atom. The average molecular weight is 484 g/mol. The summed E-state index contributed by atoms with van der Waals surface area (Å²) in [7, 11) is -4.21. The summed E-state index contributed by atoms with van der Waals surface area (Å²) in [6, 6.07) is 4.46. The monoisotopic (exact) mass is 484 g/mol. The highest BCUT2D eigenvalue weighted by atomic mass is 32.2. The summed E-state index contributed by atoms with van der Waals surface area (Å²) in [4.78, 5) is 18.5. The van der Waals surface area contributed by atoms with Gasteiger partial charge in [0.15, 0.2) is 27.3 Å². The van der Waals surface area contributed by atoms with Crippen molar-refractivity contribution in [1.29, 1.82) is 0 Å². The van der Waals surface area contributed by atoms with Crippen molar-refractivity contribution in [3.63, 3.8) is 0 Å². The normalized spacial score (nSPS) is 14.1. The molecule has 34 heavy (non-hydrogen) atoms. The van der Waals surface area contributed by atoms with E-state index >= 15 is 8.78 Å². The number of aromatic amines is 2. The SMILES string of the molecule is O=C1CC=CC=C1S(=O)(=O)Cc1ccc(F)c(-c2ccc3c(-c4ncc[nH]4)[nH]nc3c2F)c1F. The summed E-state index contributed by atoms with van der Waals surface area (Å²) >= 11 is 0. The zero-order valence-corrected chi connectivity index (χ0v) is 18.1. The van der Waals surface area contributed by atoms with E-state index < -0.39 is 60.4 Å². The lowest BCUT2D eigenvalue weighted by atomic mass is 9.99. The standard InChI is InChI=1S/C23H15F3N4O3S/c24-15-8-5-12(11-34(32,33)17-4-2-1-3-16(17)31)19(25)18(15)13-6-7-14-21(20(13)26)29-30-22(14)23-27-9-10-28-23/h1-2,4-10H,3,11H2,(H,27,28)(H,29,30). The summed E-state index contributed by atoms with van der Waals surface area (Å²) in [5.41, 5.74) is -1.30. The van der Waals surface area contributed by atoms with Crippen molar-refractivity contribution in [1.82, 2.24) is 20.2 Å². The van der Waals surface area contributed by atoms with E-state index in [1.165, 1.54) is 30.5 Å². The first-order valence-corrected chi connectivity index (χ1v) is 11.7. The van der Waals surface area contributed by atoms with Crippen LogP contribution in [0.3, 0.4) is 0 Å². The first-order chi connectivity index (χ1) is 16.3. The molecule has 2 heterocycles. The summed E-state index contributed by atoms with van der Waals surface area (Å²) in [5, 5.41) is 6.91. The number of Topliss-reactive ketones (excluding diaryl/α,β-unsaturated/α-hetero) is 1. The minimum atomic E-state index is -4.21. The predicted octanol–water partition coefficient (Wildman–Crippen LogP) is 4.37. The van der Waals surface area contributed by atoms with Crippen LogP contribution in [0, 0.1) is 17.5 Å². The molecule has 172 valence electrons. The second-order valence-corrected chi connectivity index (χ2v) is 9.56. The molecule has 1 aliphatic rings. The molecule has 7 nitrogen and oxygen atoms in total.